The Kier molecular flexibility index (Phi) is 4.95. The van der Waals surface area contributed by atoms with Crippen LogP contribution in [0.3, 0.4) is 0 Å². The highest BCUT2D eigenvalue weighted by atomic mass is 16.5. The predicted molar refractivity (Wildman–Crippen MR) is 77.6 cm³/mol. The highest BCUT2D eigenvalue weighted by Gasteiger charge is 2.26. The lowest BCUT2D eigenvalue weighted by atomic mass is 9.97. The number of rotatable bonds is 5. The minimum atomic E-state index is -0.0527. The molecule has 0 aliphatic heterocycles. The van der Waals surface area contributed by atoms with Gasteiger partial charge in [-0.1, -0.05) is 6.42 Å². The first-order valence-electron chi connectivity index (χ1n) is 7.12. The summed E-state index contributed by atoms with van der Waals surface area (Å²) in [7, 11) is 3.44. The van der Waals surface area contributed by atoms with E-state index in [1.807, 2.05) is 0 Å². The number of nitrogens with zero attached hydrogens (tertiary/aromatic N) is 2. The van der Waals surface area contributed by atoms with Gasteiger partial charge in [-0.05, 0) is 37.3 Å². The van der Waals surface area contributed by atoms with Crippen molar-refractivity contribution in [3.8, 4) is 5.88 Å². The molecular formula is C15H23N3O2. The molecule has 0 spiro atoms. The van der Waals surface area contributed by atoms with Gasteiger partial charge in [0.15, 0.2) is 0 Å². The van der Waals surface area contributed by atoms with Crippen LogP contribution in [0.5, 0.6) is 5.88 Å². The zero-order valence-corrected chi connectivity index (χ0v) is 12.2. The maximum atomic E-state index is 11.7. The summed E-state index contributed by atoms with van der Waals surface area (Å²) in [4.78, 5) is 17.5. The molecule has 1 aliphatic carbocycles. The molecule has 2 atom stereocenters. The van der Waals surface area contributed by atoms with Gasteiger partial charge in [-0.2, -0.15) is 0 Å². The van der Waals surface area contributed by atoms with Gasteiger partial charge < -0.3 is 15.4 Å². The number of carbonyl (C=O) groups excluding carboxylic acids is 1. The van der Waals surface area contributed by atoms with E-state index in [-0.39, 0.29) is 5.91 Å². The van der Waals surface area contributed by atoms with E-state index in [0.29, 0.717) is 29.9 Å². The van der Waals surface area contributed by atoms with Gasteiger partial charge in [-0.3, -0.25) is 4.79 Å². The third kappa shape index (κ3) is 3.48. The van der Waals surface area contributed by atoms with Crippen molar-refractivity contribution in [1.82, 2.24) is 9.88 Å². The summed E-state index contributed by atoms with van der Waals surface area (Å²) in [5, 5.41) is 0. The SMILES string of the molecule is CN(C)C(=O)c1ccc(OCC2CCCC2CN)nc1. The maximum Gasteiger partial charge on any atom is 0.254 e. The second kappa shape index (κ2) is 6.70. The van der Waals surface area contributed by atoms with E-state index in [4.69, 9.17) is 10.5 Å². The molecule has 1 fully saturated rings. The monoisotopic (exact) mass is 277 g/mol. The first-order valence-corrected chi connectivity index (χ1v) is 7.12. The normalized spacial score (nSPS) is 21.8. The molecule has 0 bridgehead atoms. The predicted octanol–water partition coefficient (Wildman–Crippen LogP) is 1.54. The Morgan fingerprint density at radius 3 is 2.75 bits per heavy atom. The van der Waals surface area contributed by atoms with E-state index in [0.717, 1.165) is 6.54 Å². The molecule has 0 aromatic carbocycles. The van der Waals surface area contributed by atoms with Crippen LogP contribution in [0.4, 0.5) is 0 Å². The summed E-state index contributed by atoms with van der Waals surface area (Å²) in [6.07, 6.45) is 5.18. The Bertz CT molecular complexity index is 445. The van der Waals surface area contributed by atoms with E-state index >= 15 is 0 Å². The number of ether oxygens (including phenoxy) is 1. The first kappa shape index (κ1) is 14.8. The van der Waals surface area contributed by atoms with Crippen LogP contribution in [-0.4, -0.2) is 43.0 Å². The summed E-state index contributed by atoms with van der Waals surface area (Å²) in [5.41, 5.74) is 6.33. The van der Waals surface area contributed by atoms with E-state index in [9.17, 15) is 4.79 Å². The molecule has 1 aliphatic rings. The molecule has 0 saturated heterocycles. The van der Waals surface area contributed by atoms with Gasteiger partial charge >= 0.3 is 0 Å². The van der Waals surface area contributed by atoms with E-state index in [1.54, 1.807) is 32.4 Å². The number of hydrogen-bond acceptors (Lipinski definition) is 4. The van der Waals surface area contributed by atoms with E-state index < -0.39 is 0 Å². The van der Waals surface area contributed by atoms with Crippen LogP contribution in [-0.2, 0) is 0 Å². The van der Waals surface area contributed by atoms with Crippen molar-refractivity contribution in [1.29, 1.82) is 0 Å². The molecule has 20 heavy (non-hydrogen) atoms. The van der Waals surface area contributed by atoms with Crippen molar-refractivity contribution in [2.45, 2.75) is 19.3 Å². The summed E-state index contributed by atoms with van der Waals surface area (Å²) in [6, 6.07) is 3.50. The fourth-order valence-electron chi connectivity index (χ4n) is 2.69. The third-order valence-corrected chi connectivity index (χ3v) is 3.95. The highest BCUT2D eigenvalue weighted by Crippen LogP contribution is 2.31. The zero-order valence-electron chi connectivity index (χ0n) is 12.2. The lowest BCUT2D eigenvalue weighted by Crippen LogP contribution is -2.23. The molecule has 5 nitrogen and oxygen atoms in total. The molecular weight excluding hydrogens is 254 g/mol. The highest BCUT2D eigenvalue weighted by molar-refractivity contribution is 5.93. The lowest BCUT2D eigenvalue weighted by molar-refractivity contribution is 0.0827. The van der Waals surface area contributed by atoms with Crippen LogP contribution in [0.2, 0.25) is 0 Å². The average Bonchev–Trinajstić information content (AvgIpc) is 2.92. The van der Waals surface area contributed by atoms with Crippen LogP contribution < -0.4 is 10.5 Å². The van der Waals surface area contributed by atoms with Crippen LogP contribution in [0.25, 0.3) is 0 Å². The summed E-state index contributed by atoms with van der Waals surface area (Å²) >= 11 is 0. The Labute approximate surface area is 120 Å². The quantitative estimate of drug-likeness (QED) is 0.886. The second-order valence-electron chi connectivity index (χ2n) is 5.58. The van der Waals surface area contributed by atoms with Gasteiger partial charge in [0.1, 0.15) is 0 Å². The molecule has 1 saturated carbocycles. The van der Waals surface area contributed by atoms with Gasteiger partial charge in [0, 0.05) is 26.4 Å². The first-order chi connectivity index (χ1) is 9.61. The Balaban J connectivity index is 1.89. The molecule has 2 N–H and O–H groups in total. The minimum absolute atomic E-state index is 0.0527. The summed E-state index contributed by atoms with van der Waals surface area (Å²) in [6.45, 7) is 1.40. The average molecular weight is 277 g/mol. The second-order valence-corrected chi connectivity index (χ2v) is 5.58. The summed E-state index contributed by atoms with van der Waals surface area (Å²) in [5.74, 6) is 1.63. The fourth-order valence-corrected chi connectivity index (χ4v) is 2.69. The molecule has 2 unspecified atom stereocenters. The summed E-state index contributed by atoms with van der Waals surface area (Å²) < 4.78 is 5.73. The van der Waals surface area contributed by atoms with Crippen LogP contribution in [0.1, 0.15) is 29.6 Å². The molecule has 1 amide bonds. The Hall–Kier alpha value is -1.62. The van der Waals surface area contributed by atoms with Crippen molar-refractivity contribution >= 4 is 5.91 Å². The van der Waals surface area contributed by atoms with Gasteiger partial charge in [-0.15, -0.1) is 0 Å². The van der Waals surface area contributed by atoms with Gasteiger partial charge in [0.05, 0.1) is 12.2 Å². The van der Waals surface area contributed by atoms with Gasteiger partial charge in [0.25, 0.3) is 5.91 Å². The molecule has 0 radical (unpaired) electrons. The number of hydrogen-bond donors (Lipinski definition) is 1. The molecule has 5 heteroatoms. The zero-order chi connectivity index (χ0) is 14.5. The van der Waals surface area contributed by atoms with Crippen molar-refractivity contribution < 1.29 is 9.53 Å². The van der Waals surface area contributed by atoms with Crippen molar-refractivity contribution in [3.63, 3.8) is 0 Å². The number of carbonyl (C=O) groups is 1. The number of amides is 1. The molecule has 1 heterocycles. The van der Waals surface area contributed by atoms with Crippen LogP contribution in [0.15, 0.2) is 18.3 Å². The smallest absolute Gasteiger partial charge is 0.254 e. The maximum absolute atomic E-state index is 11.7. The molecule has 2 rings (SSSR count). The van der Waals surface area contributed by atoms with Crippen molar-refractivity contribution in [2.75, 3.05) is 27.2 Å². The topological polar surface area (TPSA) is 68.5 Å². The third-order valence-electron chi connectivity index (χ3n) is 3.95. The van der Waals surface area contributed by atoms with Gasteiger partial charge in [-0.25, -0.2) is 4.98 Å². The van der Waals surface area contributed by atoms with Gasteiger partial charge in [0.2, 0.25) is 5.88 Å². The molecule has 110 valence electrons. The lowest BCUT2D eigenvalue weighted by Gasteiger charge is -2.18. The number of aromatic nitrogens is 1. The molecule has 1 aromatic heterocycles. The fraction of sp³-hybridized carbons (Fsp3) is 0.600. The molecule has 1 aromatic rings. The Morgan fingerprint density at radius 1 is 1.40 bits per heavy atom. The Morgan fingerprint density at radius 2 is 2.15 bits per heavy atom. The van der Waals surface area contributed by atoms with Crippen molar-refractivity contribution in [3.05, 3.63) is 23.9 Å². The number of pyridine rings is 1. The van der Waals surface area contributed by atoms with E-state index in [1.165, 1.54) is 24.2 Å². The standard InChI is InChI=1S/C15H23N3O2/c1-18(2)15(19)12-6-7-14(17-9-12)20-10-13-5-3-4-11(13)8-16/h6-7,9,11,13H,3-5,8,10,16H2,1-2H3. The number of nitrogens with two attached hydrogens (primary N) is 1. The van der Waals surface area contributed by atoms with Crippen molar-refractivity contribution in [2.24, 2.45) is 17.6 Å². The minimum Gasteiger partial charge on any atom is -0.477 e. The largest absolute Gasteiger partial charge is 0.477 e. The van der Waals surface area contributed by atoms with Crippen LogP contribution >= 0.6 is 0 Å². The van der Waals surface area contributed by atoms with Crippen LogP contribution in [0, 0.1) is 11.8 Å². The van der Waals surface area contributed by atoms with E-state index in [2.05, 4.69) is 4.98 Å².